The molecular formula is C34H35Cl2N3O4S. The summed E-state index contributed by atoms with van der Waals surface area (Å²) in [6, 6.07) is 26.7. The Morgan fingerprint density at radius 1 is 0.818 bits per heavy atom. The van der Waals surface area contributed by atoms with Crippen molar-refractivity contribution in [3.8, 4) is 0 Å². The molecule has 0 saturated heterocycles. The first-order valence-corrected chi connectivity index (χ1v) is 16.4. The molecule has 0 heterocycles. The SMILES string of the molecule is CCNC(=O)C(Cc1ccccc1)N(Cc1ccc(Cl)cc1)C(=O)CN(c1ccc(Cl)cc1C)S(=O)(=O)c1ccc(C)cc1. The standard InChI is InChI=1S/C34H35Cl2N3O4S/c1-4-37-34(41)32(21-26-8-6-5-7-9-26)38(22-27-12-14-28(35)15-13-27)33(40)23-39(31-19-16-29(36)20-25(31)3)44(42,43)30-17-10-24(2)11-18-30/h5-20,32H,4,21-23H2,1-3H3,(H,37,41). The van der Waals surface area contributed by atoms with Crippen LogP contribution in [0.1, 0.15) is 29.2 Å². The van der Waals surface area contributed by atoms with Gasteiger partial charge in [0.15, 0.2) is 0 Å². The molecule has 0 spiro atoms. The van der Waals surface area contributed by atoms with Crippen molar-refractivity contribution in [1.82, 2.24) is 10.2 Å². The highest BCUT2D eigenvalue weighted by Crippen LogP contribution is 2.30. The third-order valence-corrected chi connectivity index (χ3v) is 9.46. The molecular weight excluding hydrogens is 617 g/mol. The molecule has 4 rings (SSSR count). The summed E-state index contributed by atoms with van der Waals surface area (Å²) in [5.41, 5.74) is 3.38. The number of carbonyl (C=O) groups is 2. The Hall–Kier alpha value is -3.85. The molecule has 4 aromatic carbocycles. The van der Waals surface area contributed by atoms with Crippen LogP contribution in [0.2, 0.25) is 10.0 Å². The number of halogens is 2. The number of amides is 2. The van der Waals surface area contributed by atoms with Gasteiger partial charge in [0.1, 0.15) is 12.6 Å². The Balaban J connectivity index is 1.81. The molecule has 0 saturated carbocycles. The smallest absolute Gasteiger partial charge is 0.264 e. The van der Waals surface area contributed by atoms with E-state index in [0.29, 0.717) is 27.8 Å². The fraction of sp³-hybridized carbons (Fsp3) is 0.235. The van der Waals surface area contributed by atoms with E-state index >= 15 is 0 Å². The molecule has 2 amide bonds. The second kappa shape index (κ2) is 14.8. The molecule has 0 aliphatic heterocycles. The van der Waals surface area contributed by atoms with Crippen LogP contribution in [0.15, 0.2) is 102 Å². The highest BCUT2D eigenvalue weighted by Gasteiger charge is 2.35. The molecule has 0 radical (unpaired) electrons. The number of likely N-dealkylation sites (N-methyl/N-ethyl adjacent to an activating group) is 1. The predicted octanol–water partition coefficient (Wildman–Crippen LogP) is 6.58. The molecule has 0 bridgehead atoms. The van der Waals surface area contributed by atoms with Crippen LogP contribution in [0.25, 0.3) is 0 Å². The molecule has 0 aliphatic rings. The quantitative estimate of drug-likeness (QED) is 0.187. The van der Waals surface area contributed by atoms with Crippen LogP contribution < -0.4 is 9.62 Å². The zero-order valence-electron chi connectivity index (χ0n) is 24.8. The van der Waals surface area contributed by atoms with Gasteiger partial charge in [-0.05, 0) is 79.9 Å². The number of nitrogens with one attached hydrogen (secondary N) is 1. The van der Waals surface area contributed by atoms with Crippen LogP contribution in [0, 0.1) is 13.8 Å². The maximum Gasteiger partial charge on any atom is 0.264 e. The zero-order valence-corrected chi connectivity index (χ0v) is 27.2. The van der Waals surface area contributed by atoms with Crippen molar-refractivity contribution in [1.29, 1.82) is 0 Å². The Morgan fingerprint density at radius 2 is 1.45 bits per heavy atom. The van der Waals surface area contributed by atoms with Gasteiger partial charge in [-0.25, -0.2) is 8.42 Å². The van der Waals surface area contributed by atoms with Crippen LogP contribution in [0.4, 0.5) is 5.69 Å². The molecule has 4 aromatic rings. The normalized spacial score (nSPS) is 11.9. The Kier molecular flexibility index (Phi) is 11.1. The van der Waals surface area contributed by atoms with Gasteiger partial charge in [0.05, 0.1) is 10.6 Å². The molecule has 0 fully saturated rings. The molecule has 1 atom stereocenters. The number of sulfonamides is 1. The summed E-state index contributed by atoms with van der Waals surface area (Å²) in [4.78, 5) is 29.5. The summed E-state index contributed by atoms with van der Waals surface area (Å²) in [6.45, 7) is 5.29. The number of rotatable bonds is 12. The van der Waals surface area contributed by atoms with E-state index in [0.717, 1.165) is 21.0 Å². The first-order valence-electron chi connectivity index (χ1n) is 14.2. The first kappa shape index (κ1) is 33.1. The number of nitrogens with zero attached hydrogens (tertiary/aromatic N) is 2. The maximum absolute atomic E-state index is 14.4. The second-order valence-corrected chi connectivity index (χ2v) is 13.2. The third kappa shape index (κ3) is 8.20. The van der Waals surface area contributed by atoms with E-state index in [-0.39, 0.29) is 23.8 Å². The van der Waals surface area contributed by atoms with Crippen LogP contribution in [-0.4, -0.2) is 44.3 Å². The van der Waals surface area contributed by atoms with E-state index in [2.05, 4.69) is 5.32 Å². The van der Waals surface area contributed by atoms with E-state index in [1.54, 1.807) is 61.5 Å². The summed E-state index contributed by atoms with van der Waals surface area (Å²) in [5.74, 6) is -0.883. The Bertz CT molecular complexity index is 1700. The van der Waals surface area contributed by atoms with Crippen molar-refractivity contribution >= 4 is 50.7 Å². The number of hydrogen-bond acceptors (Lipinski definition) is 4. The van der Waals surface area contributed by atoms with Gasteiger partial charge in [0.25, 0.3) is 10.0 Å². The fourth-order valence-corrected chi connectivity index (χ4v) is 6.71. The van der Waals surface area contributed by atoms with Gasteiger partial charge in [-0.1, -0.05) is 83.4 Å². The number of aryl methyl sites for hydroxylation is 2. The number of hydrogen-bond donors (Lipinski definition) is 1. The average Bonchev–Trinajstić information content (AvgIpc) is 2.99. The molecule has 0 aliphatic carbocycles. The van der Waals surface area contributed by atoms with E-state index in [1.165, 1.54) is 17.0 Å². The Labute approximate surface area is 269 Å². The lowest BCUT2D eigenvalue weighted by molar-refractivity contribution is -0.140. The highest BCUT2D eigenvalue weighted by atomic mass is 35.5. The molecule has 0 aromatic heterocycles. The van der Waals surface area contributed by atoms with E-state index < -0.39 is 28.5 Å². The number of carbonyl (C=O) groups excluding carboxylic acids is 2. The number of anilines is 1. The average molecular weight is 653 g/mol. The molecule has 230 valence electrons. The monoisotopic (exact) mass is 651 g/mol. The van der Waals surface area contributed by atoms with Crippen LogP contribution in [-0.2, 0) is 32.6 Å². The lowest BCUT2D eigenvalue weighted by Gasteiger charge is -2.34. The molecule has 1 unspecified atom stereocenters. The summed E-state index contributed by atoms with van der Waals surface area (Å²) >= 11 is 12.3. The lowest BCUT2D eigenvalue weighted by Crippen LogP contribution is -2.53. The van der Waals surface area contributed by atoms with Gasteiger partial charge in [-0.15, -0.1) is 0 Å². The molecule has 44 heavy (non-hydrogen) atoms. The van der Waals surface area contributed by atoms with Crippen LogP contribution in [0.3, 0.4) is 0 Å². The van der Waals surface area contributed by atoms with Crippen LogP contribution >= 0.6 is 23.2 Å². The van der Waals surface area contributed by atoms with Crippen molar-refractivity contribution in [2.24, 2.45) is 0 Å². The molecule has 7 nitrogen and oxygen atoms in total. The minimum absolute atomic E-state index is 0.0408. The van der Waals surface area contributed by atoms with Gasteiger partial charge in [-0.2, -0.15) is 0 Å². The Morgan fingerprint density at radius 3 is 2.07 bits per heavy atom. The first-order chi connectivity index (χ1) is 21.0. The van der Waals surface area contributed by atoms with Gasteiger partial charge >= 0.3 is 0 Å². The van der Waals surface area contributed by atoms with Crippen molar-refractivity contribution in [2.45, 2.75) is 44.7 Å². The van der Waals surface area contributed by atoms with E-state index in [1.807, 2.05) is 44.2 Å². The fourth-order valence-electron chi connectivity index (χ4n) is 4.88. The van der Waals surface area contributed by atoms with Crippen molar-refractivity contribution in [3.63, 3.8) is 0 Å². The topological polar surface area (TPSA) is 86.8 Å². The summed E-state index contributed by atoms with van der Waals surface area (Å²) in [5, 5.41) is 3.83. The zero-order chi connectivity index (χ0) is 31.9. The minimum Gasteiger partial charge on any atom is -0.355 e. The van der Waals surface area contributed by atoms with Crippen LogP contribution in [0.5, 0.6) is 0 Å². The largest absolute Gasteiger partial charge is 0.355 e. The summed E-state index contributed by atoms with van der Waals surface area (Å²) in [7, 11) is -4.20. The van der Waals surface area contributed by atoms with Gasteiger partial charge in [0.2, 0.25) is 11.8 Å². The summed E-state index contributed by atoms with van der Waals surface area (Å²) in [6.07, 6.45) is 0.233. The van der Waals surface area contributed by atoms with E-state index in [4.69, 9.17) is 23.2 Å². The second-order valence-electron chi connectivity index (χ2n) is 10.5. The van der Waals surface area contributed by atoms with Crippen molar-refractivity contribution in [3.05, 3.63) is 129 Å². The van der Waals surface area contributed by atoms with Crippen molar-refractivity contribution < 1.29 is 18.0 Å². The van der Waals surface area contributed by atoms with Gasteiger partial charge < -0.3 is 10.2 Å². The molecule has 10 heteroatoms. The van der Waals surface area contributed by atoms with Crippen molar-refractivity contribution in [2.75, 3.05) is 17.4 Å². The van der Waals surface area contributed by atoms with Gasteiger partial charge in [0, 0.05) is 29.6 Å². The summed E-state index contributed by atoms with van der Waals surface area (Å²) < 4.78 is 29.4. The molecule has 1 N–H and O–H groups in total. The number of benzene rings is 4. The van der Waals surface area contributed by atoms with E-state index in [9.17, 15) is 18.0 Å². The maximum atomic E-state index is 14.4. The van der Waals surface area contributed by atoms with Gasteiger partial charge in [-0.3, -0.25) is 13.9 Å². The highest BCUT2D eigenvalue weighted by molar-refractivity contribution is 7.92. The predicted molar refractivity (Wildman–Crippen MR) is 177 cm³/mol. The minimum atomic E-state index is -4.20. The third-order valence-electron chi connectivity index (χ3n) is 7.20. The lowest BCUT2D eigenvalue weighted by atomic mass is 10.0.